The topological polar surface area (TPSA) is 112 Å². The predicted molar refractivity (Wildman–Crippen MR) is 99.7 cm³/mol. The Morgan fingerprint density at radius 2 is 1.82 bits per heavy atom. The van der Waals surface area contributed by atoms with Crippen molar-refractivity contribution in [3.63, 3.8) is 0 Å². The molecule has 144 valence electrons. The van der Waals surface area contributed by atoms with Crippen LogP contribution in [-0.2, 0) is 4.74 Å². The fourth-order valence-corrected chi connectivity index (χ4v) is 2.50. The third-order valence-electron chi connectivity index (χ3n) is 3.74. The quantitative estimate of drug-likeness (QED) is 0.287. The van der Waals surface area contributed by atoms with E-state index in [2.05, 4.69) is 15.1 Å². The molecule has 1 aromatic heterocycles. The van der Waals surface area contributed by atoms with Gasteiger partial charge in [0.15, 0.2) is 0 Å². The molecule has 28 heavy (non-hydrogen) atoms. The van der Waals surface area contributed by atoms with Crippen molar-refractivity contribution in [1.82, 2.24) is 9.97 Å². The van der Waals surface area contributed by atoms with Crippen molar-refractivity contribution in [2.24, 2.45) is 5.16 Å². The molecule has 3 rings (SSSR count). The number of carbonyl (C=O) groups is 1. The van der Waals surface area contributed by atoms with Crippen molar-refractivity contribution >= 4 is 23.0 Å². The molecule has 0 spiro atoms. The molecule has 0 bridgehead atoms. The largest absolute Gasteiger partial charge is 0.481 e. The second kappa shape index (κ2) is 8.67. The van der Waals surface area contributed by atoms with Gasteiger partial charge in [-0.15, -0.1) is 0 Å². The first-order chi connectivity index (χ1) is 13.7. The van der Waals surface area contributed by atoms with Gasteiger partial charge in [-0.05, 0) is 16.8 Å². The number of oxime groups is 1. The Balaban J connectivity index is 2.05. The molecule has 2 aromatic carbocycles. The Morgan fingerprint density at radius 1 is 1.11 bits per heavy atom. The number of ether oxygens (including phenoxy) is 4. The smallest absolute Gasteiger partial charge is 0.342 e. The zero-order valence-corrected chi connectivity index (χ0v) is 15.2. The summed E-state index contributed by atoms with van der Waals surface area (Å²) in [5.74, 6) is 0.0263. The summed E-state index contributed by atoms with van der Waals surface area (Å²) in [6.07, 6.45) is 1.06. The molecular formula is C19H17N3O6. The van der Waals surface area contributed by atoms with Crippen LogP contribution in [0.1, 0.15) is 10.4 Å². The molecular weight excluding hydrogens is 366 g/mol. The van der Waals surface area contributed by atoms with Crippen LogP contribution in [0.5, 0.6) is 23.5 Å². The highest BCUT2D eigenvalue weighted by atomic mass is 16.5. The van der Waals surface area contributed by atoms with E-state index in [4.69, 9.17) is 24.2 Å². The number of benzene rings is 2. The first kappa shape index (κ1) is 18.9. The number of nitrogens with zero attached hydrogens (tertiary/aromatic N) is 3. The van der Waals surface area contributed by atoms with Gasteiger partial charge in [0.1, 0.15) is 17.9 Å². The number of esters is 1. The molecule has 0 aliphatic carbocycles. The van der Waals surface area contributed by atoms with E-state index in [1.54, 1.807) is 24.3 Å². The van der Waals surface area contributed by atoms with E-state index in [9.17, 15) is 4.79 Å². The average Bonchev–Trinajstić information content (AvgIpc) is 2.73. The molecule has 0 aliphatic heterocycles. The van der Waals surface area contributed by atoms with E-state index in [0.29, 0.717) is 5.39 Å². The summed E-state index contributed by atoms with van der Waals surface area (Å²) < 4.78 is 21.1. The van der Waals surface area contributed by atoms with Gasteiger partial charge in [0.25, 0.3) is 0 Å². The maximum Gasteiger partial charge on any atom is 0.342 e. The van der Waals surface area contributed by atoms with E-state index in [1.165, 1.54) is 20.3 Å². The van der Waals surface area contributed by atoms with Crippen molar-refractivity contribution in [3.05, 3.63) is 48.0 Å². The lowest BCUT2D eigenvalue weighted by atomic mass is 10.0. The number of hydrogen-bond donors (Lipinski definition) is 1. The summed E-state index contributed by atoms with van der Waals surface area (Å²) in [5, 5.41) is 12.7. The Bertz CT molecular complexity index is 999. The first-order valence-electron chi connectivity index (χ1n) is 8.16. The number of carbonyl (C=O) groups excluding carboxylic acids is 1. The minimum Gasteiger partial charge on any atom is -0.481 e. The third-order valence-corrected chi connectivity index (χ3v) is 3.74. The van der Waals surface area contributed by atoms with E-state index in [-0.39, 0.29) is 35.7 Å². The van der Waals surface area contributed by atoms with Crippen molar-refractivity contribution < 1.29 is 28.9 Å². The van der Waals surface area contributed by atoms with Crippen molar-refractivity contribution in [3.8, 4) is 23.5 Å². The SMILES string of the molecule is COc1cc(OC)nc(Oc2ccc3ccccc3c2C(=O)OCC=NO)n1. The third kappa shape index (κ3) is 4.09. The summed E-state index contributed by atoms with van der Waals surface area (Å²) in [5.41, 5.74) is 0.190. The Hall–Kier alpha value is -3.88. The highest BCUT2D eigenvalue weighted by molar-refractivity contribution is 6.07. The summed E-state index contributed by atoms with van der Waals surface area (Å²) in [6, 6.07) is 12.1. The summed E-state index contributed by atoms with van der Waals surface area (Å²) in [7, 11) is 2.90. The predicted octanol–water partition coefficient (Wildman–Crippen LogP) is 3.06. The molecule has 0 fully saturated rings. The van der Waals surface area contributed by atoms with Gasteiger partial charge in [0, 0.05) is 0 Å². The molecule has 0 atom stereocenters. The fourth-order valence-electron chi connectivity index (χ4n) is 2.50. The van der Waals surface area contributed by atoms with E-state index >= 15 is 0 Å². The maximum absolute atomic E-state index is 12.7. The summed E-state index contributed by atoms with van der Waals surface area (Å²) in [6.45, 7) is -0.193. The van der Waals surface area contributed by atoms with Gasteiger partial charge in [-0.25, -0.2) is 4.79 Å². The van der Waals surface area contributed by atoms with Gasteiger partial charge in [-0.3, -0.25) is 0 Å². The molecule has 0 saturated heterocycles. The molecule has 1 heterocycles. The molecule has 0 aliphatic rings. The molecule has 0 unspecified atom stereocenters. The number of fused-ring (bicyclic) bond motifs is 1. The highest BCUT2D eigenvalue weighted by Crippen LogP contribution is 2.32. The Morgan fingerprint density at radius 3 is 2.50 bits per heavy atom. The van der Waals surface area contributed by atoms with E-state index in [1.807, 2.05) is 12.1 Å². The lowest BCUT2D eigenvalue weighted by Gasteiger charge is -2.13. The van der Waals surface area contributed by atoms with Crippen molar-refractivity contribution in [1.29, 1.82) is 0 Å². The van der Waals surface area contributed by atoms with Crippen molar-refractivity contribution in [2.45, 2.75) is 0 Å². The van der Waals surface area contributed by atoms with Crippen LogP contribution >= 0.6 is 0 Å². The minimum absolute atomic E-state index is 0.0579. The molecule has 1 N–H and O–H groups in total. The van der Waals surface area contributed by atoms with Gasteiger partial charge in [-0.2, -0.15) is 9.97 Å². The normalized spacial score (nSPS) is 10.8. The molecule has 3 aromatic rings. The molecule has 9 heteroatoms. The van der Waals surface area contributed by atoms with Crippen LogP contribution in [0.4, 0.5) is 0 Å². The Kier molecular flexibility index (Phi) is 5.85. The monoisotopic (exact) mass is 383 g/mol. The maximum atomic E-state index is 12.7. The lowest BCUT2D eigenvalue weighted by Crippen LogP contribution is -2.10. The second-order valence-corrected chi connectivity index (χ2v) is 5.39. The van der Waals surface area contributed by atoms with Gasteiger partial charge in [0.05, 0.1) is 26.5 Å². The highest BCUT2D eigenvalue weighted by Gasteiger charge is 2.20. The summed E-state index contributed by atoms with van der Waals surface area (Å²) in [4.78, 5) is 20.9. The van der Waals surface area contributed by atoms with Crippen molar-refractivity contribution in [2.75, 3.05) is 20.8 Å². The molecule has 0 saturated carbocycles. The van der Waals surface area contributed by atoms with Gasteiger partial charge in [-0.1, -0.05) is 35.5 Å². The molecule has 0 radical (unpaired) electrons. The van der Waals surface area contributed by atoms with Crippen LogP contribution in [0.15, 0.2) is 47.6 Å². The van der Waals surface area contributed by atoms with Gasteiger partial charge in [0.2, 0.25) is 11.8 Å². The van der Waals surface area contributed by atoms with Crippen LogP contribution in [0.25, 0.3) is 10.8 Å². The second-order valence-electron chi connectivity index (χ2n) is 5.39. The van der Waals surface area contributed by atoms with Crippen LogP contribution in [0.2, 0.25) is 0 Å². The van der Waals surface area contributed by atoms with Crippen LogP contribution in [0, 0.1) is 0 Å². The lowest BCUT2D eigenvalue weighted by molar-refractivity contribution is 0.0564. The van der Waals surface area contributed by atoms with E-state index in [0.717, 1.165) is 11.6 Å². The van der Waals surface area contributed by atoms with Gasteiger partial charge >= 0.3 is 12.0 Å². The average molecular weight is 383 g/mol. The van der Waals surface area contributed by atoms with Crippen LogP contribution in [-0.4, -0.2) is 48.2 Å². The molecule has 0 amide bonds. The Labute approximate surface area is 160 Å². The van der Waals surface area contributed by atoms with E-state index < -0.39 is 5.97 Å². The molecule has 9 nitrogen and oxygen atoms in total. The summed E-state index contributed by atoms with van der Waals surface area (Å²) >= 11 is 0. The number of rotatable bonds is 7. The van der Waals surface area contributed by atoms with Crippen LogP contribution in [0.3, 0.4) is 0 Å². The number of hydrogen-bond acceptors (Lipinski definition) is 9. The fraction of sp³-hybridized carbons (Fsp3) is 0.158. The van der Waals surface area contributed by atoms with Gasteiger partial charge < -0.3 is 24.2 Å². The first-order valence-corrected chi connectivity index (χ1v) is 8.16. The zero-order chi connectivity index (χ0) is 19.9. The van der Waals surface area contributed by atoms with Crippen LogP contribution < -0.4 is 14.2 Å². The minimum atomic E-state index is -0.651. The number of aromatic nitrogens is 2. The number of methoxy groups -OCH3 is 2. The zero-order valence-electron chi connectivity index (χ0n) is 15.2. The standard InChI is InChI=1S/C19H17N3O6/c1-25-15-11-16(26-2)22-19(21-15)28-14-8-7-12-5-3-4-6-13(12)17(14)18(23)27-10-9-20-24/h3-9,11,24H,10H2,1-2H3.